The molecule has 1 aromatic carbocycles. The molecule has 0 amide bonds. The topological polar surface area (TPSA) is 24.9 Å². The number of pyridine rings is 1. The van der Waals surface area contributed by atoms with Crippen LogP contribution in [0.5, 0.6) is 0 Å². The molecule has 1 atom stereocenters. The van der Waals surface area contributed by atoms with Crippen LogP contribution in [0, 0.1) is 6.92 Å². The molecule has 1 heterocycles. The summed E-state index contributed by atoms with van der Waals surface area (Å²) >= 11 is 3.40. The second kappa shape index (κ2) is 5.43. The van der Waals surface area contributed by atoms with Crippen molar-refractivity contribution in [2.45, 2.75) is 13.0 Å². The van der Waals surface area contributed by atoms with Crippen LogP contribution in [-0.2, 0) is 0 Å². The lowest BCUT2D eigenvalue weighted by Crippen LogP contribution is -2.18. The lowest BCUT2D eigenvalue weighted by atomic mass is 10.0. The monoisotopic (exact) mass is 290 g/mol. The highest BCUT2D eigenvalue weighted by atomic mass is 79.9. The summed E-state index contributed by atoms with van der Waals surface area (Å²) in [5.74, 6) is 0. The van der Waals surface area contributed by atoms with Gasteiger partial charge in [0.15, 0.2) is 0 Å². The average Bonchev–Trinajstić information content (AvgIpc) is 2.33. The summed E-state index contributed by atoms with van der Waals surface area (Å²) in [6.45, 7) is 2.10. The first-order valence-electron chi connectivity index (χ1n) is 5.56. The Morgan fingerprint density at radius 3 is 2.65 bits per heavy atom. The molecule has 2 aromatic rings. The van der Waals surface area contributed by atoms with Gasteiger partial charge < -0.3 is 5.32 Å². The Hall–Kier alpha value is -1.19. The fraction of sp³-hybridized carbons (Fsp3) is 0.214. The van der Waals surface area contributed by atoms with E-state index in [9.17, 15) is 0 Å². The summed E-state index contributed by atoms with van der Waals surface area (Å²) in [6, 6.07) is 12.7. The van der Waals surface area contributed by atoms with E-state index < -0.39 is 0 Å². The zero-order chi connectivity index (χ0) is 12.3. The van der Waals surface area contributed by atoms with Crippen molar-refractivity contribution in [2.24, 2.45) is 0 Å². The first-order valence-corrected chi connectivity index (χ1v) is 6.35. The molecule has 0 aliphatic carbocycles. The van der Waals surface area contributed by atoms with Crippen molar-refractivity contribution < 1.29 is 0 Å². The minimum Gasteiger partial charge on any atom is -0.308 e. The minimum atomic E-state index is 0.142. The van der Waals surface area contributed by atoms with E-state index in [1.165, 1.54) is 11.1 Å². The smallest absolute Gasteiger partial charge is 0.0749 e. The Morgan fingerprint density at radius 2 is 2.06 bits per heavy atom. The molecule has 0 aliphatic heterocycles. The van der Waals surface area contributed by atoms with E-state index in [1.54, 1.807) is 0 Å². The average molecular weight is 291 g/mol. The van der Waals surface area contributed by atoms with Crippen molar-refractivity contribution in [3.05, 3.63) is 63.9 Å². The van der Waals surface area contributed by atoms with Crippen molar-refractivity contribution in [1.29, 1.82) is 0 Å². The summed E-state index contributed by atoms with van der Waals surface area (Å²) in [6.07, 6.45) is 1.83. The molecule has 1 N–H and O–H groups in total. The summed E-state index contributed by atoms with van der Waals surface area (Å²) in [5, 5.41) is 3.30. The molecule has 0 radical (unpaired) electrons. The highest BCUT2D eigenvalue weighted by Crippen LogP contribution is 2.21. The molecule has 0 fully saturated rings. The highest BCUT2D eigenvalue weighted by molar-refractivity contribution is 9.10. The van der Waals surface area contributed by atoms with E-state index >= 15 is 0 Å². The Kier molecular flexibility index (Phi) is 3.92. The van der Waals surface area contributed by atoms with Gasteiger partial charge in [0.1, 0.15) is 0 Å². The highest BCUT2D eigenvalue weighted by Gasteiger charge is 2.12. The molecule has 0 spiro atoms. The number of benzene rings is 1. The van der Waals surface area contributed by atoms with Crippen LogP contribution in [0.25, 0.3) is 0 Å². The molecular formula is C14H15BrN2. The number of nitrogens with zero attached hydrogens (tertiary/aromatic N) is 1. The fourth-order valence-corrected chi connectivity index (χ4v) is 2.13. The van der Waals surface area contributed by atoms with Crippen LogP contribution in [0.2, 0.25) is 0 Å². The standard InChI is InChI=1S/C14H15BrN2/c1-10-4-3-5-11(8-10)14(16-2)13-7-6-12(15)9-17-13/h3-9,14,16H,1-2H3. The van der Waals surface area contributed by atoms with Gasteiger partial charge in [0.2, 0.25) is 0 Å². The quantitative estimate of drug-likeness (QED) is 0.936. The molecule has 2 rings (SSSR count). The molecule has 1 aromatic heterocycles. The largest absolute Gasteiger partial charge is 0.308 e. The Morgan fingerprint density at radius 1 is 1.24 bits per heavy atom. The van der Waals surface area contributed by atoms with Gasteiger partial charge in [0.25, 0.3) is 0 Å². The number of rotatable bonds is 3. The van der Waals surface area contributed by atoms with E-state index in [0.29, 0.717) is 0 Å². The summed E-state index contributed by atoms with van der Waals surface area (Å²) < 4.78 is 1.00. The zero-order valence-electron chi connectivity index (χ0n) is 9.94. The zero-order valence-corrected chi connectivity index (χ0v) is 11.5. The van der Waals surface area contributed by atoms with Gasteiger partial charge in [-0.2, -0.15) is 0 Å². The van der Waals surface area contributed by atoms with Crippen molar-refractivity contribution >= 4 is 15.9 Å². The molecule has 88 valence electrons. The van der Waals surface area contributed by atoms with E-state index in [1.807, 2.05) is 25.4 Å². The maximum atomic E-state index is 4.45. The van der Waals surface area contributed by atoms with Crippen LogP contribution in [0.4, 0.5) is 0 Å². The van der Waals surface area contributed by atoms with E-state index in [0.717, 1.165) is 10.2 Å². The third-order valence-electron chi connectivity index (χ3n) is 2.71. The normalized spacial score (nSPS) is 12.4. The first kappa shape index (κ1) is 12.3. The van der Waals surface area contributed by atoms with Crippen LogP contribution in [-0.4, -0.2) is 12.0 Å². The van der Waals surface area contributed by atoms with Crippen molar-refractivity contribution in [3.63, 3.8) is 0 Å². The lowest BCUT2D eigenvalue weighted by Gasteiger charge is -2.16. The van der Waals surface area contributed by atoms with Gasteiger partial charge in [-0.05, 0) is 47.6 Å². The number of aryl methyl sites for hydroxylation is 1. The number of hydrogen-bond acceptors (Lipinski definition) is 2. The van der Waals surface area contributed by atoms with Crippen LogP contribution in [0.15, 0.2) is 47.1 Å². The van der Waals surface area contributed by atoms with Gasteiger partial charge in [-0.3, -0.25) is 4.98 Å². The van der Waals surface area contributed by atoms with Gasteiger partial charge in [-0.15, -0.1) is 0 Å². The van der Waals surface area contributed by atoms with Gasteiger partial charge >= 0.3 is 0 Å². The predicted octanol–water partition coefficient (Wildman–Crippen LogP) is 3.46. The van der Waals surface area contributed by atoms with E-state index in [4.69, 9.17) is 0 Å². The van der Waals surface area contributed by atoms with Crippen LogP contribution >= 0.6 is 15.9 Å². The third-order valence-corrected chi connectivity index (χ3v) is 3.18. The van der Waals surface area contributed by atoms with E-state index in [-0.39, 0.29) is 6.04 Å². The molecule has 0 aliphatic rings. The summed E-state index contributed by atoms with van der Waals surface area (Å²) in [7, 11) is 1.96. The Bertz CT molecular complexity index is 494. The SMILES string of the molecule is CNC(c1cccc(C)c1)c1ccc(Br)cn1. The second-order valence-corrected chi connectivity index (χ2v) is 4.95. The van der Waals surface area contributed by atoms with E-state index in [2.05, 4.69) is 57.4 Å². The number of aromatic nitrogens is 1. The molecule has 1 unspecified atom stereocenters. The Balaban J connectivity index is 2.36. The van der Waals surface area contributed by atoms with Crippen LogP contribution in [0.3, 0.4) is 0 Å². The van der Waals surface area contributed by atoms with Crippen molar-refractivity contribution in [3.8, 4) is 0 Å². The van der Waals surface area contributed by atoms with Crippen molar-refractivity contribution in [1.82, 2.24) is 10.3 Å². The number of hydrogen-bond donors (Lipinski definition) is 1. The molecule has 0 saturated carbocycles. The third kappa shape index (κ3) is 2.93. The van der Waals surface area contributed by atoms with Gasteiger partial charge in [0, 0.05) is 10.7 Å². The van der Waals surface area contributed by atoms with Crippen LogP contribution < -0.4 is 5.32 Å². The van der Waals surface area contributed by atoms with Gasteiger partial charge in [-0.25, -0.2) is 0 Å². The maximum Gasteiger partial charge on any atom is 0.0749 e. The molecule has 0 saturated heterocycles. The fourth-order valence-electron chi connectivity index (χ4n) is 1.89. The summed E-state index contributed by atoms with van der Waals surface area (Å²) in [4.78, 5) is 4.45. The second-order valence-electron chi connectivity index (χ2n) is 4.04. The number of halogens is 1. The lowest BCUT2D eigenvalue weighted by molar-refractivity contribution is 0.670. The molecule has 3 heteroatoms. The number of nitrogens with one attached hydrogen (secondary N) is 1. The van der Waals surface area contributed by atoms with Crippen LogP contribution in [0.1, 0.15) is 22.9 Å². The molecule has 0 bridgehead atoms. The molecule has 2 nitrogen and oxygen atoms in total. The first-order chi connectivity index (χ1) is 8.20. The molecule has 17 heavy (non-hydrogen) atoms. The van der Waals surface area contributed by atoms with Gasteiger partial charge in [0.05, 0.1) is 11.7 Å². The molecular weight excluding hydrogens is 276 g/mol. The predicted molar refractivity (Wildman–Crippen MR) is 74.0 cm³/mol. The van der Waals surface area contributed by atoms with Gasteiger partial charge in [-0.1, -0.05) is 29.8 Å². The van der Waals surface area contributed by atoms with Crippen molar-refractivity contribution in [2.75, 3.05) is 7.05 Å². The minimum absolute atomic E-state index is 0.142. The Labute approximate surface area is 110 Å². The maximum absolute atomic E-state index is 4.45. The summed E-state index contributed by atoms with van der Waals surface area (Å²) in [5.41, 5.74) is 3.53.